The maximum absolute atomic E-state index is 12.1. The fraction of sp³-hybridized carbons (Fsp3) is 0.154. The van der Waals surface area contributed by atoms with Crippen LogP contribution in [0.15, 0.2) is 36.8 Å². The molecule has 3 nitrogen and oxygen atoms in total. The van der Waals surface area contributed by atoms with E-state index in [1.165, 1.54) is 12.4 Å². The zero-order chi connectivity index (χ0) is 11.5. The molecule has 0 N–H and O–H groups in total. The summed E-state index contributed by atoms with van der Waals surface area (Å²) < 4.78 is 0. The zero-order valence-electron chi connectivity index (χ0n) is 9.27. The number of aromatic nitrogens is 2. The summed E-state index contributed by atoms with van der Waals surface area (Å²) >= 11 is 0. The van der Waals surface area contributed by atoms with E-state index in [0.29, 0.717) is 11.3 Å². The first-order valence-corrected chi connectivity index (χ1v) is 5.06. The number of hydrogen-bond acceptors (Lipinski definition) is 3. The molecular weight excluding hydrogens is 200 g/mol. The smallest absolute Gasteiger partial charge is 0.213 e. The molecule has 0 aliphatic carbocycles. The van der Waals surface area contributed by atoms with Crippen molar-refractivity contribution in [2.75, 3.05) is 0 Å². The van der Waals surface area contributed by atoms with Gasteiger partial charge in [0.2, 0.25) is 5.78 Å². The largest absolute Gasteiger partial charge is 0.287 e. The maximum Gasteiger partial charge on any atom is 0.213 e. The Morgan fingerprint density at radius 1 is 1.19 bits per heavy atom. The zero-order valence-corrected chi connectivity index (χ0v) is 9.27. The van der Waals surface area contributed by atoms with Crippen molar-refractivity contribution in [3.05, 3.63) is 59.2 Å². The Balaban J connectivity index is 2.42. The molecule has 16 heavy (non-hydrogen) atoms. The van der Waals surface area contributed by atoms with Crippen molar-refractivity contribution in [3.63, 3.8) is 0 Å². The van der Waals surface area contributed by atoms with Gasteiger partial charge in [0, 0.05) is 18.0 Å². The summed E-state index contributed by atoms with van der Waals surface area (Å²) in [5, 5.41) is 0. The van der Waals surface area contributed by atoms with Gasteiger partial charge in [-0.3, -0.25) is 9.78 Å². The molecule has 1 heterocycles. The van der Waals surface area contributed by atoms with E-state index in [-0.39, 0.29) is 5.78 Å². The second-order valence-electron chi connectivity index (χ2n) is 3.74. The average Bonchev–Trinajstić information content (AvgIpc) is 2.29. The lowest BCUT2D eigenvalue weighted by Gasteiger charge is -2.04. The Morgan fingerprint density at radius 3 is 2.62 bits per heavy atom. The maximum atomic E-state index is 12.1. The van der Waals surface area contributed by atoms with Crippen LogP contribution in [-0.2, 0) is 0 Å². The molecule has 80 valence electrons. The number of carbonyl (C=O) groups excluding carboxylic acids is 1. The summed E-state index contributed by atoms with van der Waals surface area (Å²) in [7, 11) is 0. The van der Waals surface area contributed by atoms with E-state index in [9.17, 15) is 4.79 Å². The molecule has 3 heteroatoms. The van der Waals surface area contributed by atoms with Crippen molar-refractivity contribution in [1.29, 1.82) is 0 Å². The highest BCUT2D eigenvalue weighted by molar-refractivity contribution is 6.08. The monoisotopic (exact) mass is 212 g/mol. The third-order valence-electron chi connectivity index (χ3n) is 2.42. The number of carbonyl (C=O) groups is 1. The molecule has 2 aromatic rings. The van der Waals surface area contributed by atoms with Crippen molar-refractivity contribution >= 4 is 5.78 Å². The van der Waals surface area contributed by atoms with Crippen LogP contribution in [0.5, 0.6) is 0 Å². The summed E-state index contributed by atoms with van der Waals surface area (Å²) in [6, 6.07) is 5.75. The molecular formula is C13H12N2O. The van der Waals surface area contributed by atoms with Gasteiger partial charge in [-0.25, -0.2) is 4.98 Å². The van der Waals surface area contributed by atoms with E-state index in [1.807, 2.05) is 32.0 Å². The van der Waals surface area contributed by atoms with Crippen LogP contribution in [0.3, 0.4) is 0 Å². The van der Waals surface area contributed by atoms with Crippen LogP contribution in [0.2, 0.25) is 0 Å². The Kier molecular flexibility index (Phi) is 2.77. The predicted octanol–water partition coefficient (Wildman–Crippen LogP) is 2.32. The average molecular weight is 212 g/mol. The molecule has 0 unspecified atom stereocenters. The first-order valence-electron chi connectivity index (χ1n) is 5.06. The van der Waals surface area contributed by atoms with E-state index in [4.69, 9.17) is 0 Å². The molecule has 0 amide bonds. The van der Waals surface area contributed by atoms with Gasteiger partial charge >= 0.3 is 0 Å². The van der Waals surface area contributed by atoms with Gasteiger partial charge in [-0.2, -0.15) is 0 Å². The van der Waals surface area contributed by atoms with Crippen molar-refractivity contribution in [2.45, 2.75) is 13.8 Å². The summed E-state index contributed by atoms with van der Waals surface area (Å²) in [5.41, 5.74) is 3.18. The molecule has 0 bridgehead atoms. The number of hydrogen-bond donors (Lipinski definition) is 0. The van der Waals surface area contributed by atoms with Crippen LogP contribution in [-0.4, -0.2) is 15.8 Å². The van der Waals surface area contributed by atoms with E-state index >= 15 is 0 Å². The standard InChI is InChI=1S/C13H12N2O/c1-9-3-4-11(10(2)7-9)13(16)12-8-14-5-6-15-12/h3-8H,1-2H3. The van der Waals surface area contributed by atoms with Crippen LogP contribution in [0, 0.1) is 13.8 Å². The van der Waals surface area contributed by atoms with E-state index in [0.717, 1.165) is 11.1 Å². The molecule has 0 atom stereocenters. The second kappa shape index (κ2) is 4.23. The molecule has 2 rings (SSSR count). The van der Waals surface area contributed by atoms with Crippen LogP contribution >= 0.6 is 0 Å². The quantitative estimate of drug-likeness (QED) is 0.717. The Hall–Kier alpha value is -2.03. The predicted molar refractivity (Wildman–Crippen MR) is 61.4 cm³/mol. The fourth-order valence-electron chi connectivity index (χ4n) is 1.62. The molecule has 0 fully saturated rings. The molecule has 0 aliphatic rings. The molecule has 0 saturated heterocycles. The minimum absolute atomic E-state index is 0.0781. The minimum atomic E-state index is -0.0781. The highest BCUT2D eigenvalue weighted by Crippen LogP contribution is 2.13. The summed E-state index contributed by atoms with van der Waals surface area (Å²) in [6.45, 7) is 3.93. The SMILES string of the molecule is Cc1ccc(C(=O)c2cnccn2)c(C)c1. The van der Waals surface area contributed by atoms with Crippen molar-refractivity contribution in [3.8, 4) is 0 Å². The van der Waals surface area contributed by atoms with Gasteiger partial charge in [-0.1, -0.05) is 23.8 Å². The molecule has 0 aliphatic heterocycles. The topological polar surface area (TPSA) is 42.9 Å². The van der Waals surface area contributed by atoms with Crippen LogP contribution in [0.25, 0.3) is 0 Å². The molecule has 0 spiro atoms. The first kappa shape index (κ1) is 10.5. The van der Waals surface area contributed by atoms with E-state index in [1.54, 1.807) is 6.20 Å². The van der Waals surface area contributed by atoms with Crippen molar-refractivity contribution in [2.24, 2.45) is 0 Å². The van der Waals surface area contributed by atoms with Crippen molar-refractivity contribution in [1.82, 2.24) is 9.97 Å². The van der Waals surface area contributed by atoms with Gasteiger partial charge in [0.25, 0.3) is 0 Å². The summed E-state index contributed by atoms with van der Waals surface area (Å²) in [6.07, 6.45) is 4.57. The van der Waals surface area contributed by atoms with Gasteiger partial charge < -0.3 is 0 Å². The molecule has 1 aromatic carbocycles. The lowest BCUT2D eigenvalue weighted by molar-refractivity contribution is 0.103. The highest BCUT2D eigenvalue weighted by atomic mass is 16.1. The van der Waals surface area contributed by atoms with E-state index < -0.39 is 0 Å². The molecule has 0 saturated carbocycles. The van der Waals surface area contributed by atoms with Crippen LogP contribution in [0.1, 0.15) is 27.2 Å². The van der Waals surface area contributed by atoms with Gasteiger partial charge in [0.05, 0.1) is 6.20 Å². The summed E-state index contributed by atoms with van der Waals surface area (Å²) in [5.74, 6) is -0.0781. The molecule has 1 aromatic heterocycles. The van der Waals surface area contributed by atoms with Gasteiger partial charge in [0.1, 0.15) is 5.69 Å². The second-order valence-corrected chi connectivity index (χ2v) is 3.74. The third-order valence-corrected chi connectivity index (χ3v) is 2.42. The number of aryl methyl sites for hydroxylation is 2. The fourth-order valence-corrected chi connectivity index (χ4v) is 1.62. The Bertz CT molecular complexity index is 521. The highest BCUT2D eigenvalue weighted by Gasteiger charge is 2.12. The lowest BCUT2D eigenvalue weighted by Crippen LogP contribution is -2.06. The number of nitrogens with zero attached hydrogens (tertiary/aromatic N) is 2. The first-order chi connectivity index (χ1) is 7.68. The minimum Gasteiger partial charge on any atom is -0.287 e. The van der Waals surface area contributed by atoms with Crippen LogP contribution < -0.4 is 0 Å². The van der Waals surface area contributed by atoms with Crippen molar-refractivity contribution < 1.29 is 4.79 Å². The van der Waals surface area contributed by atoms with Gasteiger partial charge in [-0.15, -0.1) is 0 Å². The van der Waals surface area contributed by atoms with Gasteiger partial charge in [-0.05, 0) is 19.4 Å². The number of benzene rings is 1. The molecule has 0 radical (unpaired) electrons. The normalized spacial score (nSPS) is 10.1. The Labute approximate surface area is 94.2 Å². The summed E-state index contributed by atoms with van der Waals surface area (Å²) in [4.78, 5) is 20.0. The number of rotatable bonds is 2. The number of ketones is 1. The van der Waals surface area contributed by atoms with Gasteiger partial charge in [0.15, 0.2) is 0 Å². The van der Waals surface area contributed by atoms with Crippen LogP contribution in [0.4, 0.5) is 0 Å². The lowest BCUT2D eigenvalue weighted by atomic mass is 10.0. The van der Waals surface area contributed by atoms with E-state index in [2.05, 4.69) is 9.97 Å². The Morgan fingerprint density at radius 2 is 2.00 bits per heavy atom. The third kappa shape index (κ3) is 1.98.